The molecule has 22 heavy (non-hydrogen) atoms. The van der Waals surface area contributed by atoms with Crippen molar-refractivity contribution in [3.63, 3.8) is 0 Å². The van der Waals surface area contributed by atoms with E-state index in [4.69, 9.17) is 9.47 Å². The molecule has 1 aliphatic carbocycles. The zero-order valence-corrected chi connectivity index (χ0v) is 12.8. The lowest BCUT2D eigenvalue weighted by Crippen LogP contribution is -2.27. The average Bonchev–Trinajstić information content (AvgIpc) is 3.37. The van der Waals surface area contributed by atoms with Crippen molar-refractivity contribution in [2.45, 2.75) is 18.3 Å². The predicted octanol–water partition coefficient (Wildman–Crippen LogP) is 3.37. The van der Waals surface area contributed by atoms with E-state index in [0.29, 0.717) is 17.2 Å². The van der Waals surface area contributed by atoms with E-state index in [0.717, 1.165) is 18.4 Å². The molecule has 3 rings (SSSR count). The number of nitrogens with one attached hydrogen (secondary N) is 1. The first-order valence-corrected chi connectivity index (χ1v) is 7.28. The van der Waals surface area contributed by atoms with Crippen molar-refractivity contribution in [1.82, 2.24) is 0 Å². The van der Waals surface area contributed by atoms with Crippen LogP contribution in [0.4, 0.5) is 5.69 Å². The molecule has 1 fully saturated rings. The van der Waals surface area contributed by atoms with Gasteiger partial charge in [0.15, 0.2) is 11.5 Å². The normalized spacial score (nSPS) is 15.0. The Kier molecular flexibility index (Phi) is 3.75. The van der Waals surface area contributed by atoms with Crippen LogP contribution in [0.15, 0.2) is 48.5 Å². The van der Waals surface area contributed by atoms with Crippen LogP contribution < -0.4 is 14.8 Å². The van der Waals surface area contributed by atoms with E-state index >= 15 is 0 Å². The van der Waals surface area contributed by atoms with Crippen molar-refractivity contribution in [1.29, 1.82) is 0 Å². The van der Waals surface area contributed by atoms with E-state index in [2.05, 4.69) is 5.32 Å². The van der Waals surface area contributed by atoms with Crippen LogP contribution in [0.3, 0.4) is 0 Å². The molecule has 1 aliphatic rings. The summed E-state index contributed by atoms with van der Waals surface area (Å²) in [4.78, 5) is 12.7. The first-order chi connectivity index (χ1) is 10.7. The molecule has 0 aromatic heterocycles. The minimum absolute atomic E-state index is 0.0333. The van der Waals surface area contributed by atoms with Crippen molar-refractivity contribution >= 4 is 11.6 Å². The number of anilines is 1. The van der Waals surface area contributed by atoms with Crippen LogP contribution in [0.2, 0.25) is 0 Å². The lowest BCUT2D eigenvalue weighted by molar-refractivity contribution is -0.118. The fourth-order valence-corrected chi connectivity index (χ4v) is 2.69. The molecule has 114 valence electrons. The molecular formula is C18H19NO3. The molecule has 0 atom stereocenters. The van der Waals surface area contributed by atoms with Gasteiger partial charge in [-0.1, -0.05) is 30.3 Å². The Bertz CT molecular complexity index is 678. The third-order valence-electron chi connectivity index (χ3n) is 4.15. The zero-order chi connectivity index (χ0) is 15.6. The van der Waals surface area contributed by atoms with Crippen LogP contribution in [-0.4, -0.2) is 20.1 Å². The lowest BCUT2D eigenvalue weighted by Gasteiger charge is -2.16. The second kappa shape index (κ2) is 5.72. The molecule has 4 nitrogen and oxygen atoms in total. The van der Waals surface area contributed by atoms with Crippen LogP contribution in [0.1, 0.15) is 18.4 Å². The first-order valence-electron chi connectivity index (χ1n) is 7.28. The summed E-state index contributed by atoms with van der Waals surface area (Å²) in [7, 11) is 3.17. The van der Waals surface area contributed by atoms with Crippen LogP contribution in [0.25, 0.3) is 0 Å². The Morgan fingerprint density at radius 2 is 1.68 bits per heavy atom. The number of hydrogen-bond acceptors (Lipinski definition) is 3. The maximum Gasteiger partial charge on any atom is 0.235 e. The van der Waals surface area contributed by atoms with Gasteiger partial charge in [-0.3, -0.25) is 4.79 Å². The van der Waals surface area contributed by atoms with Gasteiger partial charge in [-0.05, 0) is 30.5 Å². The molecule has 0 spiro atoms. The van der Waals surface area contributed by atoms with Crippen molar-refractivity contribution in [2.24, 2.45) is 0 Å². The van der Waals surface area contributed by atoms with Crippen LogP contribution in [0, 0.1) is 0 Å². The Morgan fingerprint density at radius 1 is 1.00 bits per heavy atom. The highest BCUT2D eigenvalue weighted by molar-refractivity contribution is 6.01. The molecule has 2 aromatic carbocycles. The minimum Gasteiger partial charge on any atom is -0.493 e. The third kappa shape index (κ3) is 2.52. The second-order valence-corrected chi connectivity index (χ2v) is 5.47. The molecule has 0 saturated heterocycles. The Balaban J connectivity index is 1.80. The maximum absolute atomic E-state index is 12.7. The molecule has 1 N–H and O–H groups in total. The standard InChI is InChI=1S/C18H19NO3/c1-21-15-9-8-14(12-16(15)22-2)19-17(20)18(10-11-18)13-6-4-3-5-7-13/h3-9,12H,10-11H2,1-2H3,(H,19,20). The minimum atomic E-state index is -0.381. The van der Waals surface area contributed by atoms with E-state index in [-0.39, 0.29) is 11.3 Å². The summed E-state index contributed by atoms with van der Waals surface area (Å²) in [5.74, 6) is 1.28. The summed E-state index contributed by atoms with van der Waals surface area (Å²) in [5.41, 5.74) is 1.41. The van der Waals surface area contributed by atoms with Gasteiger partial charge < -0.3 is 14.8 Å². The number of rotatable bonds is 5. The van der Waals surface area contributed by atoms with Crippen molar-refractivity contribution < 1.29 is 14.3 Å². The van der Waals surface area contributed by atoms with E-state index in [1.165, 1.54) is 0 Å². The number of methoxy groups -OCH3 is 2. The summed E-state index contributed by atoms with van der Waals surface area (Å²) in [5, 5.41) is 2.99. The van der Waals surface area contributed by atoms with Gasteiger partial charge in [-0.15, -0.1) is 0 Å². The van der Waals surface area contributed by atoms with Gasteiger partial charge in [0.1, 0.15) is 0 Å². The smallest absolute Gasteiger partial charge is 0.235 e. The monoisotopic (exact) mass is 297 g/mol. The number of ether oxygens (including phenoxy) is 2. The van der Waals surface area contributed by atoms with E-state index < -0.39 is 0 Å². The van der Waals surface area contributed by atoms with Crippen molar-refractivity contribution in [3.8, 4) is 11.5 Å². The van der Waals surface area contributed by atoms with Gasteiger partial charge in [0.25, 0.3) is 0 Å². The second-order valence-electron chi connectivity index (χ2n) is 5.47. The summed E-state index contributed by atoms with van der Waals surface area (Å²) in [6.45, 7) is 0. The van der Waals surface area contributed by atoms with Crippen molar-refractivity contribution in [2.75, 3.05) is 19.5 Å². The quantitative estimate of drug-likeness (QED) is 0.920. The summed E-state index contributed by atoms with van der Waals surface area (Å²) >= 11 is 0. The molecule has 0 heterocycles. The molecule has 1 amide bonds. The fraction of sp³-hybridized carbons (Fsp3) is 0.278. The number of amides is 1. The molecule has 0 bridgehead atoms. The molecule has 1 saturated carbocycles. The molecule has 4 heteroatoms. The van der Waals surface area contributed by atoms with Gasteiger partial charge in [0.05, 0.1) is 19.6 Å². The number of carbonyl (C=O) groups is 1. The van der Waals surface area contributed by atoms with Crippen LogP contribution in [-0.2, 0) is 10.2 Å². The Morgan fingerprint density at radius 3 is 2.27 bits per heavy atom. The summed E-state index contributed by atoms with van der Waals surface area (Å²) in [6, 6.07) is 15.3. The Labute approximate surface area is 130 Å². The van der Waals surface area contributed by atoms with Gasteiger partial charge in [-0.2, -0.15) is 0 Å². The maximum atomic E-state index is 12.7. The highest BCUT2D eigenvalue weighted by Gasteiger charge is 2.51. The van der Waals surface area contributed by atoms with E-state index in [9.17, 15) is 4.79 Å². The molecule has 2 aromatic rings. The molecule has 0 radical (unpaired) electrons. The van der Waals surface area contributed by atoms with Crippen LogP contribution in [0.5, 0.6) is 11.5 Å². The number of hydrogen-bond donors (Lipinski definition) is 1. The zero-order valence-electron chi connectivity index (χ0n) is 12.8. The lowest BCUT2D eigenvalue weighted by atomic mass is 9.95. The Hall–Kier alpha value is -2.49. The van der Waals surface area contributed by atoms with E-state index in [1.807, 2.05) is 36.4 Å². The highest BCUT2D eigenvalue weighted by Crippen LogP contribution is 2.49. The SMILES string of the molecule is COc1ccc(NC(=O)C2(c3ccccc3)CC2)cc1OC. The fourth-order valence-electron chi connectivity index (χ4n) is 2.69. The number of carbonyl (C=O) groups excluding carboxylic acids is 1. The molecule has 0 aliphatic heterocycles. The van der Waals surface area contributed by atoms with Gasteiger partial charge in [-0.25, -0.2) is 0 Å². The van der Waals surface area contributed by atoms with E-state index in [1.54, 1.807) is 26.4 Å². The number of benzene rings is 2. The molecular weight excluding hydrogens is 278 g/mol. The summed E-state index contributed by atoms with van der Waals surface area (Å²) in [6.07, 6.45) is 1.77. The third-order valence-corrected chi connectivity index (χ3v) is 4.15. The average molecular weight is 297 g/mol. The van der Waals surface area contributed by atoms with Gasteiger partial charge in [0.2, 0.25) is 5.91 Å². The van der Waals surface area contributed by atoms with Crippen molar-refractivity contribution in [3.05, 3.63) is 54.1 Å². The summed E-state index contributed by atoms with van der Waals surface area (Å²) < 4.78 is 10.5. The topological polar surface area (TPSA) is 47.6 Å². The van der Waals surface area contributed by atoms with Gasteiger partial charge >= 0.3 is 0 Å². The van der Waals surface area contributed by atoms with Crippen LogP contribution >= 0.6 is 0 Å². The predicted molar refractivity (Wildman–Crippen MR) is 85.5 cm³/mol. The van der Waals surface area contributed by atoms with Gasteiger partial charge in [0, 0.05) is 11.8 Å². The first kappa shape index (κ1) is 14.4. The largest absolute Gasteiger partial charge is 0.493 e. The highest BCUT2D eigenvalue weighted by atomic mass is 16.5. The molecule has 0 unspecified atom stereocenters.